The largest absolute Gasteiger partial charge is 0.393 e. The molecule has 0 aliphatic carbocycles. The lowest BCUT2D eigenvalue weighted by Crippen LogP contribution is -2.41. The Bertz CT molecular complexity index is 335. The van der Waals surface area contributed by atoms with Gasteiger partial charge >= 0.3 is 0 Å². The number of nitrogens with zero attached hydrogens (tertiary/aromatic N) is 1. The first-order chi connectivity index (χ1) is 8.04. The summed E-state index contributed by atoms with van der Waals surface area (Å²) in [6, 6.07) is 5.29. The minimum Gasteiger partial charge on any atom is -0.393 e. The Morgan fingerprint density at radius 3 is 2.76 bits per heavy atom. The monoisotopic (exact) mass is 270 g/mol. The minimum atomic E-state index is 0.461. The summed E-state index contributed by atoms with van der Waals surface area (Å²) in [7, 11) is 2.17. The summed E-state index contributed by atoms with van der Waals surface area (Å²) in [6.07, 6.45) is 3.00. The molecule has 0 aromatic carbocycles. The van der Waals surface area contributed by atoms with Gasteiger partial charge in [0, 0.05) is 23.4 Å². The van der Waals surface area contributed by atoms with E-state index >= 15 is 0 Å². The van der Waals surface area contributed by atoms with E-state index in [-0.39, 0.29) is 0 Å². The van der Waals surface area contributed by atoms with E-state index in [0.29, 0.717) is 17.1 Å². The minimum absolute atomic E-state index is 0.461. The molecule has 2 atom stereocenters. The van der Waals surface area contributed by atoms with Crippen LogP contribution < -0.4 is 5.73 Å². The van der Waals surface area contributed by atoms with Gasteiger partial charge in [-0.25, -0.2) is 0 Å². The molecule has 0 spiro atoms. The number of thiocarbonyl (C=S) groups is 1. The number of nitrogens with two attached hydrogens (primary N) is 1. The van der Waals surface area contributed by atoms with Gasteiger partial charge in [0.1, 0.15) is 0 Å². The van der Waals surface area contributed by atoms with E-state index in [4.69, 9.17) is 18.0 Å². The standard InChI is InChI=1S/C13H22N2S2/c1-4-11(9-13(14)16)15(3)10(2)8-12-6-5-7-17-12/h5-7,10-11H,4,8-9H2,1-3H3,(H2,14,16). The Kier molecular flexibility index (Phi) is 6.09. The first kappa shape index (κ1) is 14.6. The molecule has 1 aromatic rings. The molecule has 2 N–H and O–H groups in total. The second-order valence-electron chi connectivity index (χ2n) is 4.53. The fourth-order valence-electron chi connectivity index (χ4n) is 2.03. The lowest BCUT2D eigenvalue weighted by Gasteiger charge is -2.32. The predicted octanol–water partition coefficient (Wildman–Crippen LogP) is 3.07. The SMILES string of the molecule is CCC(CC(N)=S)N(C)C(C)Cc1cccs1. The number of hydrogen-bond donors (Lipinski definition) is 1. The second-order valence-corrected chi connectivity index (χ2v) is 6.09. The van der Waals surface area contributed by atoms with E-state index in [1.807, 2.05) is 11.3 Å². The zero-order valence-electron chi connectivity index (χ0n) is 10.8. The van der Waals surface area contributed by atoms with Crippen LogP contribution in [0.1, 0.15) is 31.6 Å². The van der Waals surface area contributed by atoms with Crippen LogP contribution in [0.2, 0.25) is 0 Å². The normalized spacial score (nSPS) is 14.8. The fraction of sp³-hybridized carbons (Fsp3) is 0.615. The third-order valence-electron chi connectivity index (χ3n) is 3.26. The Labute approximate surface area is 114 Å². The fourth-order valence-corrected chi connectivity index (χ4v) is 3.05. The smallest absolute Gasteiger partial charge is 0.0743 e. The highest BCUT2D eigenvalue weighted by atomic mass is 32.1. The molecule has 0 saturated heterocycles. The maximum atomic E-state index is 5.65. The molecule has 1 rings (SSSR count). The molecule has 0 radical (unpaired) electrons. The summed E-state index contributed by atoms with van der Waals surface area (Å²) in [6.45, 7) is 4.46. The molecular formula is C13H22N2S2. The van der Waals surface area contributed by atoms with E-state index in [9.17, 15) is 0 Å². The second kappa shape index (κ2) is 7.09. The Morgan fingerprint density at radius 2 is 2.29 bits per heavy atom. The van der Waals surface area contributed by atoms with Gasteiger partial charge in [-0.15, -0.1) is 11.3 Å². The number of hydrogen-bond acceptors (Lipinski definition) is 3. The highest BCUT2D eigenvalue weighted by molar-refractivity contribution is 7.80. The summed E-state index contributed by atoms with van der Waals surface area (Å²) < 4.78 is 0. The lowest BCUT2D eigenvalue weighted by molar-refractivity contribution is 0.183. The van der Waals surface area contributed by atoms with E-state index in [0.717, 1.165) is 19.3 Å². The van der Waals surface area contributed by atoms with Crippen LogP contribution in [0.5, 0.6) is 0 Å². The van der Waals surface area contributed by atoms with Crippen molar-refractivity contribution in [1.82, 2.24) is 4.90 Å². The Hall–Kier alpha value is -0.450. The van der Waals surface area contributed by atoms with Gasteiger partial charge in [-0.1, -0.05) is 25.2 Å². The Morgan fingerprint density at radius 1 is 1.59 bits per heavy atom. The van der Waals surface area contributed by atoms with Crippen molar-refractivity contribution in [2.75, 3.05) is 7.05 Å². The van der Waals surface area contributed by atoms with Crippen LogP contribution in [0.25, 0.3) is 0 Å². The maximum Gasteiger partial charge on any atom is 0.0743 e. The molecule has 96 valence electrons. The molecule has 0 bridgehead atoms. The van der Waals surface area contributed by atoms with Gasteiger partial charge in [-0.05, 0) is 38.3 Å². The highest BCUT2D eigenvalue weighted by Gasteiger charge is 2.19. The summed E-state index contributed by atoms with van der Waals surface area (Å²) in [4.78, 5) is 4.46. The molecule has 1 aromatic heterocycles. The summed E-state index contributed by atoms with van der Waals surface area (Å²) in [5.41, 5.74) is 5.65. The average Bonchev–Trinajstić information content (AvgIpc) is 2.77. The average molecular weight is 270 g/mol. The van der Waals surface area contributed by atoms with E-state index in [1.165, 1.54) is 4.88 Å². The van der Waals surface area contributed by atoms with E-state index in [1.54, 1.807) is 0 Å². The van der Waals surface area contributed by atoms with Gasteiger partial charge in [0.25, 0.3) is 0 Å². The van der Waals surface area contributed by atoms with Crippen LogP contribution in [0, 0.1) is 0 Å². The molecule has 0 aliphatic rings. The summed E-state index contributed by atoms with van der Waals surface area (Å²) >= 11 is 6.84. The van der Waals surface area contributed by atoms with Gasteiger partial charge in [-0.2, -0.15) is 0 Å². The molecule has 0 aliphatic heterocycles. The first-order valence-corrected chi connectivity index (χ1v) is 7.36. The van der Waals surface area contributed by atoms with Crippen molar-refractivity contribution in [2.45, 2.75) is 45.2 Å². The highest BCUT2D eigenvalue weighted by Crippen LogP contribution is 2.17. The zero-order valence-corrected chi connectivity index (χ0v) is 12.5. The molecule has 2 nitrogen and oxygen atoms in total. The van der Waals surface area contributed by atoms with Crippen molar-refractivity contribution in [3.05, 3.63) is 22.4 Å². The number of thiophene rings is 1. The number of likely N-dealkylation sites (N-methyl/N-ethyl adjacent to an activating group) is 1. The van der Waals surface area contributed by atoms with Gasteiger partial charge in [0.15, 0.2) is 0 Å². The van der Waals surface area contributed by atoms with Crippen LogP contribution >= 0.6 is 23.6 Å². The predicted molar refractivity (Wildman–Crippen MR) is 80.7 cm³/mol. The van der Waals surface area contributed by atoms with Crippen LogP contribution in [0.4, 0.5) is 0 Å². The van der Waals surface area contributed by atoms with Gasteiger partial charge in [0.05, 0.1) is 4.99 Å². The zero-order chi connectivity index (χ0) is 12.8. The summed E-state index contributed by atoms with van der Waals surface area (Å²) in [5, 5.41) is 2.13. The lowest BCUT2D eigenvalue weighted by atomic mass is 10.1. The number of rotatable bonds is 7. The molecule has 0 saturated carbocycles. The topological polar surface area (TPSA) is 29.3 Å². The molecule has 0 fully saturated rings. The first-order valence-electron chi connectivity index (χ1n) is 6.07. The van der Waals surface area contributed by atoms with Crippen molar-refractivity contribution in [1.29, 1.82) is 0 Å². The summed E-state index contributed by atoms with van der Waals surface area (Å²) in [5.74, 6) is 0. The van der Waals surface area contributed by atoms with Crippen molar-refractivity contribution in [3.63, 3.8) is 0 Å². The van der Waals surface area contributed by atoms with Crippen LogP contribution in [0.15, 0.2) is 17.5 Å². The quantitative estimate of drug-likeness (QED) is 0.772. The van der Waals surface area contributed by atoms with E-state index < -0.39 is 0 Å². The molecule has 2 unspecified atom stereocenters. The van der Waals surface area contributed by atoms with Crippen molar-refractivity contribution in [2.24, 2.45) is 5.73 Å². The van der Waals surface area contributed by atoms with Gasteiger partial charge in [0.2, 0.25) is 0 Å². The third kappa shape index (κ3) is 4.74. The maximum absolute atomic E-state index is 5.65. The molecule has 1 heterocycles. The van der Waals surface area contributed by atoms with Gasteiger partial charge in [-0.3, -0.25) is 4.90 Å². The molecule has 0 amide bonds. The van der Waals surface area contributed by atoms with Gasteiger partial charge < -0.3 is 5.73 Å². The Balaban J connectivity index is 2.54. The van der Waals surface area contributed by atoms with Crippen LogP contribution in [0.3, 0.4) is 0 Å². The van der Waals surface area contributed by atoms with E-state index in [2.05, 4.69) is 43.3 Å². The molecular weight excluding hydrogens is 248 g/mol. The van der Waals surface area contributed by atoms with Crippen molar-refractivity contribution in [3.8, 4) is 0 Å². The van der Waals surface area contributed by atoms with Crippen LogP contribution in [-0.2, 0) is 6.42 Å². The third-order valence-corrected chi connectivity index (χ3v) is 4.32. The van der Waals surface area contributed by atoms with Crippen molar-refractivity contribution >= 4 is 28.5 Å². The van der Waals surface area contributed by atoms with Crippen LogP contribution in [-0.4, -0.2) is 29.0 Å². The molecule has 17 heavy (non-hydrogen) atoms. The van der Waals surface area contributed by atoms with Crippen molar-refractivity contribution < 1.29 is 0 Å². The molecule has 4 heteroatoms.